The Bertz CT molecular complexity index is 511. The van der Waals surface area contributed by atoms with Crippen LogP contribution in [0.25, 0.3) is 0 Å². The van der Waals surface area contributed by atoms with Gasteiger partial charge in [-0.3, -0.25) is 4.98 Å². The molecule has 1 aromatic heterocycles. The zero-order valence-corrected chi connectivity index (χ0v) is 10.8. The van der Waals surface area contributed by atoms with E-state index in [1.807, 2.05) is 31.2 Å². The van der Waals surface area contributed by atoms with Gasteiger partial charge in [0.2, 0.25) is 0 Å². The number of hydrogen-bond donors (Lipinski definition) is 0. The molecule has 0 spiro atoms. The van der Waals surface area contributed by atoms with Crippen molar-refractivity contribution in [3.05, 3.63) is 52.8 Å². The predicted molar refractivity (Wildman–Crippen MR) is 70.1 cm³/mol. The van der Waals surface area contributed by atoms with Crippen LogP contribution in [0.3, 0.4) is 0 Å². The summed E-state index contributed by atoms with van der Waals surface area (Å²) in [5.41, 5.74) is 1.73. The summed E-state index contributed by atoms with van der Waals surface area (Å²) in [6.45, 7) is 1.92. The van der Waals surface area contributed by atoms with Gasteiger partial charge in [-0.15, -0.1) is 11.6 Å². The zero-order chi connectivity index (χ0) is 12.3. The molecule has 1 heterocycles. The van der Waals surface area contributed by atoms with Crippen molar-refractivity contribution in [2.45, 2.75) is 12.8 Å². The molecule has 0 fully saturated rings. The molecule has 0 aliphatic carbocycles. The maximum absolute atomic E-state index is 6.04. The second-order valence-electron chi connectivity index (χ2n) is 3.59. The molecule has 0 unspecified atom stereocenters. The fraction of sp³-hybridized carbons (Fsp3) is 0.154. The summed E-state index contributed by atoms with van der Waals surface area (Å²) in [5, 5.41) is 0.609. The maximum Gasteiger partial charge on any atom is 0.145 e. The monoisotopic (exact) mass is 267 g/mol. The summed E-state index contributed by atoms with van der Waals surface area (Å²) >= 11 is 11.9. The van der Waals surface area contributed by atoms with Crippen molar-refractivity contribution in [2.75, 3.05) is 0 Å². The molecule has 1 aromatic carbocycles. The van der Waals surface area contributed by atoms with Gasteiger partial charge in [-0.1, -0.05) is 17.7 Å². The molecule has 0 bridgehead atoms. The van der Waals surface area contributed by atoms with Gasteiger partial charge >= 0.3 is 0 Å². The van der Waals surface area contributed by atoms with E-state index in [9.17, 15) is 0 Å². The van der Waals surface area contributed by atoms with E-state index < -0.39 is 0 Å². The molecule has 0 aliphatic rings. The third-order valence-corrected chi connectivity index (χ3v) is 2.94. The number of halogens is 2. The number of pyridine rings is 1. The zero-order valence-electron chi connectivity index (χ0n) is 9.28. The standard InChI is InChI=1S/C13H11Cl2NO/c1-9-5-6-10(8-16-9)17-13-4-2-3-12(15)11(13)7-14/h2-6,8H,7H2,1H3. The van der Waals surface area contributed by atoms with Crippen LogP contribution in [0, 0.1) is 6.92 Å². The first-order valence-corrected chi connectivity index (χ1v) is 6.06. The Balaban J connectivity index is 2.29. The van der Waals surface area contributed by atoms with E-state index in [1.54, 1.807) is 12.3 Å². The average molecular weight is 268 g/mol. The Morgan fingerprint density at radius 1 is 1.24 bits per heavy atom. The lowest BCUT2D eigenvalue weighted by molar-refractivity contribution is 0.476. The lowest BCUT2D eigenvalue weighted by Crippen LogP contribution is -1.91. The minimum absolute atomic E-state index is 0.314. The molecular formula is C13H11Cl2NO. The largest absolute Gasteiger partial charge is 0.455 e. The molecule has 88 valence electrons. The van der Waals surface area contributed by atoms with Gasteiger partial charge in [0.1, 0.15) is 11.5 Å². The van der Waals surface area contributed by atoms with Crippen molar-refractivity contribution < 1.29 is 4.74 Å². The van der Waals surface area contributed by atoms with E-state index in [0.717, 1.165) is 11.3 Å². The Labute approximate surface area is 110 Å². The molecule has 4 heteroatoms. The first kappa shape index (κ1) is 12.2. The van der Waals surface area contributed by atoms with Gasteiger partial charge in [0.25, 0.3) is 0 Å². The van der Waals surface area contributed by atoms with Crippen LogP contribution in [0.15, 0.2) is 36.5 Å². The summed E-state index contributed by atoms with van der Waals surface area (Å²) < 4.78 is 5.70. The smallest absolute Gasteiger partial charge is 0.145 e. The molecule has 17 heavy (non-hydrogen) atoms. The summed E-state index contributed by atoms with van der Waals surface area (Å²) in [4.78, 5) is 4.16. The van der Waals surface area contributed by atoms with Crippen molar-refractivity contribution >= 4 is 23.2 Å². The number of aromatic nitrogens is 1. The van der Waals surface area contributed by atoms with Gasteiger partial charge in [0, 0.05) is 16.3 Å². The Hall–Kier alpha value is -1.25. The molecule has 2 aromatic rings. The van der Waals surface area contributed by atoms with E-state index in [-0.39, 0.29) is 0 Å². The molecule has 2 rings (SSSR count). The molecule has 0 atom stereocenters. The maximum atomic E-state index is 6.04. The topological polar surface area (TPSA) is 22.1 Å². The van der Waals surface area contributed by atoms with Crippen molar-refractivity contribution in [1.29, 1.82) is 0 Å². The van der Waals surface area contributed by atoms with Gasteiger partial charge in [-0.05, 0) is 31.2 Å². The number of benzene rings is 1. The van der Waals surface area contributed by atoms with E-state index >= 15 is 0 Å². The van der Waals surface area contributed by atoms with Crippen LogP contribution in [0.1, 0.15) is 11.3 Å². The number of nitrogens with zero attached hydrogens (tertiary/aromatic N) is 1. The third-order valence-electron chi connectivity index (χ3n) is 2.32. The summed E-state index contributed by atoms with van der Waals surface area (Å²) in [7, 11) is 0. The van der Waals surface area contributed by atoms with Crippen molar-refractivity contribution in [2.24, 2.45) is 0 Å². The van der Waals surface area contributed by atoms with E-state index in [0.29, 0.717) is 22.4 Å². The third kappa shape index (κ3) is 2.90. The minimum atomic E-state index is 0.314. The SMILES string of the molecule is Cc1ccc(Oc2cccc(Cl)c2CCl)cn1. The van der Waals surface area contributed by atoms with Gasteiger partial charge in [-0.2, -0.15) is 0 Å². The second kappa shape index (κ2) is 5.39. The number of rotatable bonds is 3. The number of hydrogen-bond acceptors (Lipinski definition) is 2. The normalized spacial score (nSPS) is 10.3. The van der Waals surface area contributed by atoms with Crippen molar-refractivity contribution in [1.82, 2.24) is 4.98 Å². The van der Waals surface area contributed by atoms with Crippen molar-refractivity contribution in [3.63, 3.8) is 0 Å². The quantitative estimate of drug-likeness (QED) is 0.760. The number of aryl methyl sites for hydroxylation is 1. The minimum Gasteiger partial charge on any atom is -0.455 e. The van der Waals surface area contributed by atoms with E-state index in [1.165, 1.54) is 0 Å². The average Bonchev–Trinajstić information content (AvgIpc) is 2.32. The van der Waals surface area contributed by atoms with Crippen LogP contribution in [-0.2, 0) is 5.88 Å². The van der Waals surface area contributed by atoms with Crippen molar-refractivity contribution in [3.8, 4) is 11.5 Å². The van der Waals surface area contributed by atoms with Crippen LogP contribution < -0.4 is 4.74 Å². The van der Waals surface area contributed by atoms with Crippen LogP contribution in [0.4, 0.5) is 0 Å². The fourth-order valence-corrected chi connectivity index (χ4v) is 1.98. The van der Waals surface area contributed by atoms with Crippen LogP contribution in [0.5, 0.6) is 11.5 Å². The van der Waals surface area contributed by atoms with Gasteiger partial charge in [0.15, 0.2) is 0 Å². The first-order valence-electron chi connectivity index (χ1n) is 5.14. The predicted octanol–water partition coefficient (Wildman–Crippen LogP) is 4.57. The van der Waals surface area contributed by atoms with Gasteiger partial charge in [-0.25, -0.2) is 0 Å². The number of ether oxygens (including phenoxy) is 1. The lowest BCUT2D eigenvalue weighted by Gasteiger charge is -2.10. The van der Waals surface area contributed by atoms with Gasteiger partial charge in [0.05, 0.1) is 12.1 Å². The molecule has 2 nitrogen and oxygen atoms in total. The highest BCUT2D eigenvalue weighted by molar-refractivity contribution is 6.32. The molecule has 0 N–H and O–H groups in total. The fourth-order valence-electron chi connectivity index (χ4n) is 1.41. The Morgan fingerprint density at radius 2 is 2.06 bits per heavy atom. The highest BCUT2D eigenvalue weighted by Crippen LogP contribution is 2.31. The second-order valence-corrected chi connectivity index (χ2v) is 4.26. The Kier molecular flexibility index (Phi) is 3.87. The molecular weight excluding hydrogens is 257 g/mol. The van der Waals surface area contributed by atoms with E-state index in [4.69, 9.17) is 27.9 Å². The molecule has 0 radical (unpaired) electrons. The van der Waals surface area contributed by atoms with E-state index in [2.05, 4.69) is 4.98 Å². The number of alkyl halides is 1. The molecule has 0 saturated heterocycles. The summed E-state index contributed by atoms with van der Waals surface area (Å²) in [5.74, 6) is 1.65. The van der Waals surface area contributed by atoms with Crippen LogP contribution in [0.2, 0.25) is 5.02 Å². The lowest BCUT2D eigenvalue weighted by atomic mass is 10.2. The highest BCUT2D eigenvalue weighted by atomic mass is 35.5. The first-order chi connectivity index (χ1) is 8.20. The van der Waals surface area contributed by atoms with Crippen LogP contribution >= 0.6 is 23.2 Å². The molecule has 0 amide bonds. The Morgan fingerprint density at radius 3 is 2.71 bits per heavy atom. The summed E-state index contributed by atoms with van der Waals surface area (Å²) in [6.07, 6.45) is 1.67. The summed E-state index contributed by atoms with van der Waals surface area (Å²) in [6, 6.07) is 9.21. The van der Waals surface area contributed by atoms with Crippen LogP contribution in [-0.4, -0.2) is 4.98 Å². The molecule has 0 aliphatic heterocycles. The highest BCUT2D eigenvalue weighted by Gasteiger charge is 2.08. The van der Waals surface area contributed by atoms with Gasteiger partial charge < -0.3 is 4.74 Å². The molecule has 0 saturated carbocycles.